The molecule has 0 unspecified atom stereocenters. The third-order valence-corrected chi connectivity index (χ3v) is 12.3. The van der Waals surface area contributed by atoms with Crippen LogP contribution >= 0.6 is 23.4 Å². The molecule has 0 aromatic heterocycles. The van der Waals surface area contributed by atoms with Crippen LogP contribution in [0, 0.1) is 0 Å². The molecule has 294 valence electrons. The zero-order chi connectivity index (χ0) is 39.5. The fourth-order valence-corrected chi connectivity index (χ4v) is 7.17. The second kappa shape index (κ2) is 17.0. The number of carbonyl (C=O) groups is 4. The topological polar surface area (TPSA) is 156 Å². The van der Waals surface area contributed by atoms with Gasteiger partial charge in [-0.2, -0.15) is 11.8 Å². The van der Waals surface area contributed by atoms with Gasteiger partial charge in [0.15, 0.2) is 5.72 Å². The molecule has 1 aromatic carbocycles. The number of nitrogens with zero attached hydrogens (tertiary/aromatic N) is 2. The van der Waals surface area contributed by atoms with Crippen molar-refractivity contribution in [3.05, 3.63) is 46.5 Å². The van der Waals surface area contributed by atoms with Crippen molar-refractivity contribution in [3.8, 4) is 5.75 Å². The van der Waals surface area contributed by atoms with Crippen molar-refractivity contribution in [1.82, 2.24) is 10.2 Å². The number of amides is 3. The lowest BCUT2D eigenvalue weighted by Crippen LogP contribution is -2.62. The summed E-state index contributed by atoms with van der Waals surface area (Å²) in [4.78, 5) is 56.4. The van der Waals surface area contributed by atoms with Crippen LogP contribution in [-0.2, 0) is 39.8 Å². The average molecular weight is 780 g/mol. The van der Waals surface area contributed by atoms with Gasteiger partial charge in [-0.15, -0.1) is 0 Å². The summed E-state index contributed by atoms with van der Waals surface area (Å²) < 4.78 is 28.9. The predicted octanol–water partition coefficient (Wildman–Crippen LogP) is 5.19. The molecule has 4 bridgehead atoms. The molecular weight excluding hydrogens is 726 g/mol. The van der Waals surface area contributed by atoms with Crippen molar-refractivity contribution in [1.29, 1.82) is 0 Å². The first-order valence-corrected chi connectivity index (χ1v) is 19.3. The molecule has 53 heavy (non-hydrogen) atoms. The SMILES string of the molecule is COc1cc2cc(c1Cl)N(C)C(=O)C[C@H](OC(=O)[C@H](C)N(C)C(=O)CCC(C)(C)SC)[C@]1(C)O[C@H]1C[C@@H]1C[C@@](O)(NC(=O)O1)[C@H](OC)/C=C/C=C(\C)C2. The molecule has 3 aliphatic rings. The number of thioether (sulfide) groups is 1. The van der Waals surface area contributed by atoms with Crippen molar-refractivity contribution in [3.63, 3.8) is 0 Å². The van der Waals surface area contributed by atoms with E-state index in [2.05, 4.69) is 19.2 Å². The van der Waals surface area contributed by atoms with Gasteiger partial charge in [0.05, 0.1) is 25.3 Å². The van der Waals surface area contributed by atoms with Crippen molar-refractivity contribution in [2.45, 2.75) is 120 Å². The van der Waals surface area contributed by atoms with E-state index in [-0.39, 0.29) is 41.4 Å². The van der Waals surface area contributed by atoms with Crippen molar-refractivity contribution in [2.24, 2.45) is 0 Å². The molecule has 0 radical (unpaired) electrons. The Hall–Kier alpha value is -3.30. The number of fused-ring (bicyclic) bond motifs is 5. The average Bonchev–Trinajstić information content (AvgIpc) is 3.76. The third kappa shape index (κ3) is 10.1. The highest BCUT2D eigenvalue weighted by molar-refractivity contribution is 7.99. The highest BCUT2D eigenvalue weighted by Crippen LogP contribution is 2.47. The van der Waals surface area contributed by atoms with E-state index >= 15 is 0 Å². The molecule has 3 amide bonds. The number of methoxy groups -OCH3 is 2. The van der Waals surface area contributed by atoms with E-state index in [0.29, 0.717) is 24.3 Å². The molecule has 4 rings (SSSR count). The smallest absolute Gasteiger partial charge is 0.409 e. The second-order valence-corrected chi connectivity index (χ2v) is 16.8. The van der Waals surface area contributed by atoms with Crippen LogP contribution in [0.3, 0.4) is 0 Å². The Kier molecular flexibility index (Phi) is 13.6. The molecule has 0 spiro atoms. The lowest BCUT2D eigenvalue weighted by atomic mass is 9.90. The van der Waals surface area contributed by atoms with Gasteiger partial charge in [-0.1, -0.05) is 49.2 Å². The zero-order valence-electron chi connectivity index (χ0n) is 32.3. The van der Waals surface area contributed by atoms with Gasteiger partial charge in [-0.25, -0.2) is 9.59 Å². The van der Waals surface area contributed by atoms with Crippen molar-refractivity contribution in [2.75, 3.05) is 39.5 Å². The fourth-order valence-electron chi connectivity index (χ4n) is 6.55. The number of alkyl carbamates (subject to hydrolysis) is 1. The van der Waals surface area contributed by atoms with E-state index < -0.39 is 59.8 Å². The minimum Gasteiger partial charge on any atom is -0.495 e. The first-order chi connectivity index (χ1) is 24.8. The second-order valence-electron chi connectivity index (χ2n) is 14.9. The maximum Gasteiger partial charge on any atom is 0.409 e. The zero-order valence-corrected chi connectivity index (χ0v) is 33.9. The van der Waals surface area contributed by atoms with Gasteiger partial charge in [-0.05, 0) is 57.6 Å². The fraction of sp³-hybridized carbons (Fsp3) is 0.632. The van der Waals surface area contributed by atoms with E-state index in [4.69, 9.17) is 35.3 Å². The molecule has 7 atom stereocenters. The Morgan fingerprint density at radius 3 is 2.60 bits per heavy atom. The standard InChI is InChI=1S/C38H54ClN3O10S/c1-22-12-11-13-28(49-9)38(47)21-25(50-35(46)40-38)19-30-37(5,52-30)29(51-34(45)23(2)41(6)31(43)14-15-36(3,4)53-10)20-32(44)42(7)26-17-24(16-22)18-27(48-8)33(26)39/h11-13,17-18,23,25,28-30,47H,14-16,19-21H2,1-10H3,(H,40,46)/b13-11+,22-12+/t23-,25+,28+,29-,30-,37-,38-/m0/s1. The lowest BCUT2D eigenvalue weighted by Gasteiger charge is -2.40. The van der Waals surface area contributed by atoms with Gasteiger partial charge in [0, 0.05) is 45.2 Å². The van der Waals surface area contributed by atoms with Crippen LogP contribution in [0.15, 0.2) is 35.9 Å². The van der Waals surface area contributed by atoms with Gasteiger partial charge in [0.1, 0.15) is 40.7 Å². The summed E-state index contributed by atoms with van der Waals surface area (Å²) in [6.07, 6.45) is 4.09. The van der Waals surface area contributed by atoms with Gasteiger partial charge < -0.3 is 38.6 Å². The van der Waals surface area contributed by atoms with Gasteiger partial charge in [0.2, 0.25) is 11.8 Å². The Balaban J connectivity index is 1.70. The number of halogens is 1. The Labute approximate surface area is 321 Å². The largest absolute Gasteiger partial charge is 0.495 e. The molecule has 3 heterocycles. The summed E-state index contributed by atoms with van der Waals surface area (Å²) in [5.74, 6) is -0.964. The molecule has 0 aliphatic carbocycles. The van der Waals surface area contributed by atoms with Crippen LogP contribution < -0.4 is 15.0 Å². The number of carbonyl (C=O) groups excluding carboxylic acids is 4. The van der Waals surface area contributed by atoms with Crippen LogP contribution in [0.2, 0.25) is 5.02 Å². The molecule has 3 aliphatic heterocycles. The summed E-state index contributed by atoms with van der Waals surface area (Å²) in [5.41, 5.74) is -0.842. The molecule has 0 saturated carbocycles. The number of hydrogen-bond acceptors (Lipinski definition) is 11. The first kappa shape index (κ1) is 42.4. The number of epoxide rings is 1. The van der Waals surface area contributed by atoms with Crippen LogP contribution in [0.4, 0.5) is 10.5 Å². The van der Waals surface area contributed by atoms with E-state index in [1.807, 2.05) is 19.3 Å². The first-order valence-electron chi connectivity index (χ1n) is 17.7. The number of aliphatic hydroxyl groups is 1. The van der Waals surface area contributed by atoms with Crippen LogP contribution in [0.1, 0.15) is 72.3 Å². The van der Waals surface area contributed by atoms with Crippen molar-refractivity contribution >= 4 is 52.9 Å². The number of ether oxygens (including phenoxy) is 5. The minimum absolute atomic E-state index is 0.0340. The maximum absolute atomic E-state index is 14.1. The number of nitrogens with one attached hydrogen (secondary N) is 1. The Morgan fingerprint density at radius 1 is 1.26 bits per heavy atom. The summed E-state index contributed by atoms with van der Waals surface area (Å²) in [5, 5.41) is 14.4. The van der Waals surface area contributed by atoms with E-state index in [1.54, 1.807) is 64.0 Å². The summed E-state index contributed by atoms with van der Waals surface area (Å²) in [6.45, 7) is 9.33. The number of allylic oxidation sites excluding steroid dienone is 3. The van der Waals surface area contributed by atoms with Crippen molar-refractivity contribution < 1.29 is 48.0 Å². The highest BCUT2D eigenvalue weighted by Gasteiger charge is 2.61. The highest BCUT2D eigenvalue weighted by atomic mass is 35.5. The van der Waals surface area contributed by atoms with Crippen LogP contribution in [0.5, 0.6) is 5.75 Å². The predicted molar refractivity (Wildman–Crippen MR) is 203 cm³/mol. The molecule has 2 N–H and O–H groups in total. The molecule has 15 heteroatoms. The molecular formula is C38H54ClN3O10S. The maximum atomic E-state index is 14.1. The number of rotatable bonds is 9. The Morgan fingerprint density at radius 2 is 1.96 bits per heavy atom. The van der Waals surface area contributed by atoms with Gasteiger partial charge in [-0.3, -0.25) is 14.9 Å². The molecule has 13 nitrogen and oxygen atoms in total. The summed E-state index contributed by atoms with van der Waals surface area (Å²) in [7, 11) is 6.06. The van der Waals surface area contributed by atoms with Crippen LogP contribution in [-0.4, -0.2) is 115 Å². The van der Waals surface area contributed by atoms with Gasteiger partial charge >= 0.3 is 12.1 Å². The minimum atomic E-state index is -1.80. The molecule has 1 aromatic rings. The quantitative estimate of drug-likeness (QED) is 0.251. The molecule has 2 fully saturated rings. The van der Waals surface area contributed by atoms with Crippen LogP contribution in [0.25, 0.3) is 0 Å². The normalized spacial score (nSPS) is 30.1. The number of benzene rings is 1. The third-order valence-electron chi connectivity index (χ3n) is 10.6. The van der Waals surface area contributed by atoms with Gasteiger partial charge in [0.25, 0.3) is 0 Å². The monoisotopic (exact) mass is 779 g/mol. The van der Waals surface area contributed by atoms with E-state index in [9.17, 15) is 24.3 Å². The van der Waals surface area contributed by atoms with E-state index in [1.165, 1.54) is 24.0 Å². The summed E-state index contributed by atoms with van der Waals surface area (Å²) >= 11 is 8.41. The van der Waals surface area contributed by atoms with E-state index in [0.717, 1.165) is 11.1 Å². The lowest BCUT2D eigenvalue weighted by molar-refractivity contribution is -0.162. The number of esters is 1. The summed E-state index contributed by atoms with van der Waals surface area (Å²) in [6, 6.07) is 2.63. The Bertz CT molecular complexity index is 1620. The number of hydrogen-bond donors (Lipinski definition) is 2. The molecule has 2 saturated heterocycles. The number of anilines is 1. The number of likely N-dealkylation sites (N-methyl/N-ethyl adjacent to an activating group) is 1.